The fourth-order valence-corrected chi connectivity index (χ4v) is 3.24. The fourth-order valence-electron chi connectivity index (χ4n) is 1.68. The Labute approximate surface area is 138 Å². The standard InChI is InChI=1S/C15H20N4OS2/c1-10(2)8-16-14-18-19-15(22-14)21-9-13(20)17-12-6-4-5-11(3)7-12/h4-7,10H,8-9H2,1-3H3,(H,16,18)(H,17,20). The van der Waals surface area contributed by atoms with Crippen molar-refractivity contribution in [3.63, 3.8) is 0 Å². The number of nitrogens with zero attached hydrogens (tertiary/aromatic N) is 2. The normalized spacial score (nSPS) is 10.7. The number of aryl methyl sites for hydroxylation is 1. The third-order valence-corrected chi connectivity index (χ3v) is 4.71. The van der Waals surface area contributed by atoms with Gasteiger partial charge < -0.3 is 10.6 Å². The number of amides is 1. The number of hydrogen-bond acceptors (Lipinski definition) is 6. The van der Waals surface area contributed by atoms with Crippen molar-refractivity contribution in [3.8, 4) is 0 Å². The van der Waals surface area contributed by atoms with Crippen LogP contribution in [0.15, 0.2) is 28.6 Å². The minimum atomic E-state index is -0.0394. The van der Waals surface area contributed by atoms with Crippen LogP contribution in [0.3, 0.4) is 0 Å². The maximum atomic E-state index is 11.9. The molecular weight excluding hydrogens is 316 g/mol. The van der Waals surface area contributed by atoms with Crippen molar-refractivity contribution in [2.24, 2.45) is 5.92 Å². The predicted octanol–water partition coefficient (Wildman–Crippen LogP) is 3.65. The largest absolute Gasteiger partial charge is 0.360 e. The molecule has 0 unspecified atom stereocenters. The maximum Gasteiger partial charge on any atom is 0.234 e. The molecular formula is C15H20N4OS2. The first-order chi connectivity index (χ1) is 10.5. The lowest BCUT2D eigenvalue weighted by molar-refractivity contribution is -0.113. The van der Waals surface area contributed by atoms with E-state index in [1.54, 1.807) is 0 Å². The van der Waals surface area contributed by atoms with Crippen molar-refractivity contribution in [1.82, 2.24) is 10.2 Å². The summed E-state index contributed by atoms with van der Waals surface area (Å²) in [6, 6.07) is 7.75. The lowest BCUT2D eigenvalue weighted by Crippen LogP contribution is -2.13. The van der Waals surface area contributed by atoms with Gasteiger partial charge in [0.15, 0.2) is 4.34 Å². The minimum Gasteiger partial charge on any atom is -0.360 e. The Kier molecular flexibility index (Phi) is 6.21. The molecule has 2 N–H and O–H groups in total. The number of nitrogens with one attached hydrogen (secondary N) is 2. The number of carbonyl (C=O) groups is 1. The van der Waals surface area contributed by atoms with Gasteiger partial charge in [0, 0.05) is 12.2 Å². The van der Waals surface area contributed by atoms with Crippen LogP contribution in [0.1, 0.15) is 19.4 Å². The van der Waals surface area contributed by atoms with E-state index >= 15 is 0 Å². The van der Waals surface area contributed by atoms with Gasteiger partial charge >= 0.3 is 0 Å². The third kappa shape index (κ3) is 5.65. The molecule has 1 amide bonds. The second-order valence-corrected chi connectivity index (χ2v) is 7.55. The van der Waals surface area contributed by atoms with Crippen molar-refractivity contribution in [2.75, 3.05) is 22.9 Å². The monoisotopic (exact) mass is 336 g/mol. The molecule has 0 aliphatic heterocycles. The molecule has 7 heteroatoms. The van der Waals surface area contributed by atoms with Crippen molar-refractivity contribution >= 4 is 39.8 Å². The molecule has 0 fully saturated rings. The molecule has 0 atom stereocenters. The zero-order valence-electron chi connectivity index (χ0n) is 12.9. The van der Waals surface area contributed by atoms with E-state index in [4.69, 9.17) is 0 Å². The molecule has 0 bridgehead atoms. The summed E-state index contributed by atoms with van der Waals surface area (Å²) in [7, 11) is 0. The number of carbonyl (C=O) groups excluding carboxylic acids is 1. The van der Waals surface area contributed by atoms with E-state index in [9.17, 15) is 4.79 Å². The number of thioether (sulfide) groups is 1. The first-order valence-corrected chi connectivity index (χ1v) is 8.90. The van der Waals surface area contributed by atoms with E-state index in [-0.39, 0.29) is 5.91 Å². The summed E-state index contributed by atoms with van der Waals surface area (Å²) >= 11 is 2.88. The molecule has 0 saturated heterocycles. The summed E-state index contributed by atoms with van der Waals surface area (Å²) in [6.45, 7) is 7.14. The molecule has 0 aliphatic carbocycles. The topological polar surface area (TPSA) is 66.9 Å². The summed E-state index contributed by atoms with van der Waals surface area (Å²) < 4.78 is 0.797. The quantitative estimate of drug-likeness (QED) is 0.756. The highest BCUT2D eigenvalue weighted by atomic mass is 32.2. The molecule has 2 aromatic rings. The van der Waals surface area contributed by atoms with E-state index < -0.39 is 0 Å². The van der Waals surface area contributed by atoms with Gasteiger partial charge in [-0.15, -0.1) is 10.2 Å². The lowest BCUT2D eigenvalue weighted by Gasteiger charge is -2.04. The molecule has 1 aromatic carbocycles. The SMILES string of the molecule is Cc1cccc(NC(=O)CSc2nnc(NCC(C)C)s2)c1. The third-order valence-electron chi connectivity index (χ3n) is 2.70. The number of hydrogen-bond donors (Lipinski definition) is 2. The smallest absolute Gasteiger partial charge is 0.234 e. The Bertz CT molecular complexity index is 628. The Morgan fingerprint density at radius 2 is 2.18 bits per heavy atom. The summed E-state index contributed by atoms with van der Waals surface area (Å²) in [5.74, 6) is 0.842. The molecule has 2 rings (SSSR count). The highest BCUT2D eigenvalue weighted by Crippen LogP contribution is 2.25. The Balaban J connectivity index is 1.79. The van der Waals surface area contributed by atoms with E-state index in [0.29, 0.717) is 11.7 Å². The van der Waals surface area contributed by atoms with Gasteiger partial charge in [0.05, 0.1) is 5.75 Å². The molecule has 0 aliphatic rings. The Morgan fingerprint density at radius 3 is 2.91 bits per heavy atom. The highest BCUT2D eigenvalue weighted by Gasteiger charge is 2.08. The molecule has 22 heavy (non-hydrogen) atoms. The van der Waals surface area contributed by atoms with Crippen molar-refractivity contribution < 1.29 is 4.79 Å². The van der Waals surface area contributed by atoms with Gasteiger partial charge in [0.2, 0.25) is 11.0 Å². The number of anilines is 2. The molecule has 0 saturated carbocycles. The van der Waals surface area contributed by atoms with Gasteiger partial charge in [-0.25, -0.2) is 0 Å². The zero-order valence-corrected chi connectivity index (χ0v) is 14.6. The van der Waals surface area contributed by atoms with E-state index in [1.165, 1.54) is 23.1 Å². The minimum absolute atomic E-state index is 0.0394. The van der Waals surface area contributed by atoms with Crippen molar-refractivity contribution in [1.29, 1.82) is 0 Å². The van der Waals surface area contributed by atoms with Crippen LogP contribution in [0.2, 0.25) is 0 Å². The average molecular weight is 336 g/mol. The molecule has 0 spiro atoms. The zero-order chi connectivity index (χ0) is 15.9. The predicted molar refractivity (Wildman–Crippen MR) is 93.8 cm³/mol. The fraction of sp³-hybridized carbons (Fsp3) is 0.400. The van der Waals surface area contributed by atoms with Crippen LogP contribution in [0.5, 0.6) is 0 Å². The van der Waals surface area contributed by atoms with Crippen LogP contribution in [-0.2, 0) is 4.79 Å². The van der Waals surface area contributed by atoms with Gasteiger partial charge in [-0.1, -0.05) is 49.1 Å². The summed E-state index contributed by atoms with van der Waals surface area (Å²) in [5, 5.41) is 15.1. The Morgan fingerprint density at radius 1 is 1.36 bits per heavy atom. The summed E-state index contributed by atoms with van der Waals surface area (Å²) in [5.41, 5.74) is 1.94. The number of benzene rings is 1. The van der Waals surface area contributed by atoms with Crippen molar-refractivity contribution in [3.05, 3.63) is 29.8 Å². The number of rotatable bonds is 7. The molecule has 118 valence electrons. The van der Waals surface area contributed by atoms with Crippen LogP contribution in [0, 0.1) is 12.8 Å². The van der Waals surface area contributed by atoms with Crippen molar-refractivity contribution in [2.45, 2.75) is 25.1 Å². The molecule has 1 heterocycles. The van der Waals surface area contributed by atoms with Gasteiger partial charge in [-0.3, -0.25) is 4.79 Å². The van der Waals surface area contributed by atoms with Crippen LogP contribution in [0.4, 0.5) is 10.8 Å². The van der Waals surface area contributed by atoms with Gasteiger partial charge in [0.1, 0.15) is 0 Å². The van der Waals surface area contributed by atoms with Gasteiger partial charge in [0.25, 0.3) is 0 Å². The average Bonchev–Trinajstić information content (AvgIpc) is 2.91. The maximum absolute atomic E-state index is 11.9. The van der Waals surface area contributed by atoms with Crippen LogP contribution in [0.25, 0.3) is 0 Å². The lowest BCUT2D eigenvalue weighted by atomic mass is 10.2. The second-order valence-electron chi connectivity index (χ2n) is 5.35. The summed E-state index contributed by atoms with van der Waals surface area (Å²) in [4.78, 5) is 11.9. The summed E-state index contributed by atoms with van der Waals surface area (Å²) in [6.07, 6.45) is 0. The van der Waals surface area contributed by atoms with Gasteiger partial charge in [-0.05, 0) is 30.5 Å². The van der Waals surface area contributed by atoms with E-state index in [1.807, 2.05) is 31.2 Å². The first-order valence-electron chi connectivity index (χ1n) is 7.09. The molecule has 1 aromatic heterocycles. The van der Waals surface area contributed by atoms with Crippen LogP contribution < -0.4 is 10.6 Å². The van der Waals surface area contributed by atoms with Gasteiger partial charge in [-0.2, -0.15) is 0 Å². The Hall–Kier alpha value is -1.60. The molecule has 5 nitrogen and oxygen atoms in total. The molecule has 0 radical (unpaired) electrons. The van der Waals surface area contributed by atoms with Crippen LogP contribution >= 0.6 is 23.1 Å². The second kappa shape index (κ2) is 8.14. The number of aromatic nitrogens is 2. The van der Waals surface area contributed by atoms with E-state index in [0.717, 1.165) is 27.3 Å². The van der Waals surface area contributed by atoms with E-state index in [2.05, 4.69) is 34.7 Å². The highest BCUT2D eigenvalue weighted by molar-refractivity contribution is 8.01. The first kappa shape index (κ1) is 16.8. The van der Waals surface area contributed by atoms with Crippen LogP contribution in [-0.4, -0.2) is 28.4 Å².